The molecule has 0 aromatic carbocycles. The average Bonchev–Trinajstić information content (AvgIpc) is 3.72. The van der Waals surface area contributed by atoms with Crippen LogP contribution in [0.15, 0.2) is 0 Å². The molecule has 4 aliphatic carbocycles. The van der Waals surface area contributed by atoms with Crippen molar-refractivity contribution < 1.29 is 21.7 Å². The van der Waals surface area contributed by atoms with Gasteiger partial charge in [-0.25, -0.2) is 0 Å². The van der Waals surface area contributed by atoms with Gasteiger partial charge in [0.15, 0.2) is 0 Å². The number of halogens is 1. The molecule has 0 spiro atoms. The SMILES string of the molecule is ClC1[CH-]C2C3NC(NC4NC(NC5NC(NC6NC(N3)C3CCCCC63)C3CCCCC53)C3CCCCC43)C2CC1.[Ti]. The van der Waals surface area contributed by atoms with Crippen LogP contribution in [0.1, 0.15) is 89.9 Å². The third kappa shape index (κ3) is 5.23. The first-order valence-corrected chi connectivity index (χ1v) is 18.2. The molecule has 42 heavy (non-hydrogen) atoms. The second kappa shape index (κ2) is 12.4. The predicted molar refractivity (Wildman–Crippen MR) is 162 cm³/mol. The van der Waals surface area contributed by atoms with E-state index in [2.05, 4.69) is 49.0 Å². The summed E-state index contributed by atoms with van der Waals surface area (Å²) in [4.78, 5) is 0. The summed E-state index contributed by atoms with van der Waals surface area (Å²) < 4.78 is 0. The van der Waals surface area contributed by atoms with E-state index < -0.39 is 0 Å². The van der Waals surface area contributed by atoms with E-state index in [9.17, 15) is 0 Å². The Morgan fingerprint density at radius 1 is 0.357 bits per heavy atom. The van der Waals surface area contributed by atoms with Gasteiger partial charge in [0.2, 0.25) is 0 Å². The standard InChI is InChI=1S/C32H54ClN8.Ti/c33-16-13-14-23-24(15-16)32-40-30-22-12-6-5-11-21(22)28(38-30)36-26-18-8-2-1-7-17(18)25(34-26)35-27-19-9-3-4-10-20(19)29(37-27)39-31(23)41-32;/h15-32,34-41H,1-14H2;/q-1;. The van der Waals surface area contributed by atoms with Gasteiger partial charge in [-0.2, -0.15) is 11.6 Å². The summed E-state index contributed by atoms with van der Waals surface area (Å²) in [6.45, 7) is 0. The van der Waals surface area contributed by atoms with E-state index in [0.29, 0.717) is 78.7 Å². The molecule has 0 aromatic heterocycles. The van der Waals surface area contributed by atoms with Crippen molar-refractivity contribution in [3.63, 3.8) is 0 Å². The van der Waals surface area contributed by atoms with Gasteiger partial charge in [-0.3, -0.25) is 42.5 Å². The van der Waals surface area contributed by atoms with Crippen molar-refractivity contribution in [1.29, 1.82) is 0 Å². The molecule has 17 unspecified atom stereocenters. The molecule has 10 heteroatoms. The molecular weight excluding hydrogens is 580 g/mol. The topological polar surface area (TPSA) is 96.2 Å². The van der Waals surface area contributed by atoms with E-state index in [1.807, 2.05) is 0 Å². The van der Waals surface area contributed by atoms with Crippen molar-refractivity contribution in [3.8, 4) is 0 Å². The first-order chi connectivity index (χ1) is 20.2. The first-order valence-electron chi connectivity index (χ1n) is 17.8. The maximum Gasteiger partial charge on any atom is 0.0628 e. The van der Waals surface area contributed by atoms with Crippen LogP contribution in [0.2, 0.25) is 0 Å². The van der Waals surface area contributed by atoms with E-state index in [1.54, 1.807) is 0 Å². The number of rotatable bonds is 0. The zero-order valence-electron chi connectivity index (χ0n) is 25.2. The van der Waals surface area contributed by atoms with E-state index in [4.69, 9.17) is 11.6 Å². The van der Waals surface area contributed by atoms with Crippen molar-refractivity contribution in [3.05, 3.63) is 6.42 Å². The maximum atomic E-state index is 6.80. The summed E-state index contributed by atoms with van der Waals surface area (Å²) >= 11 is 6.80. The van der Waals surface area contributed by atoms with Gasteiger partial charge < -0.3 is 6.42 Å². The minimum atomic E-state index is 0. The molecular formula is C32H54ClN8Ti-. The van der Waals surface area contributed by atoms with Crippen LogP contribution < -0.4 is 42.5 Å². The minimum Gasteiger partial charge on any atom is -0.305 e. The van der Waals surface area contributed by atoms with E-state index in [0.717, 1.165) is 18.3 Å². The van der Waals surface area contributed by atoms with Gasteiger partial charge in [-0.15, -0.1) is 5.92 Å². The number of hydrogen-bond acceptors (Lipinski definition) is 8. The molecule has 5 heterocycles. The van der Waals surface area contributed by atoms with Gasteiger partial charge in [-0.1, -0.05) is 56.7 Å². The number of hydrogen-bond donors (Lipinski definition) is 8. The Labute approximate surface area is 273 Å². The molecule has 8 N–H and O–H groups in total. The fraction of sp³-hybridized carbons (Fsp3) is 0.969. The van der Waals surface area contributed by atoms with Crippen LogP contribution in [0, 0.1) is 53.8 Å². The molecule has 234 valence electrons. The summed E-state index contributed by atoms with van der Waals surface area (Å²) in [6.07, 6.45) is 24.0. The molecule has 8 nitrogen and oxygen atoms in total. The Morgan fingerprint density at radius 3 is 0.976 bits per heavy atom. The first kappa shape index (κ1) is 30.0. The third-order valence-corrected chi connectivity index (χ3v) is 13.9. The van der Waals surface area contributed by atoms with Crippen LogP contribution in [-0.4, -0.2) is 54.7 Å². The van der Waals surface area contributed by atoms with Gasteiger partial charge in [0.1, 0.15) is 0 Å². The van der Waals surface area contributed by atoms with Crippen LogP contribution in [-0.2, 0) is 21.7 Å². The molecule has 8 bridgehead atoms. The third-order valence-electron chi connectivity index (χ3n) is 13.6. The monoisotopic (exact) mass is 633 g/mol. The van der Waals surface area contributed by atoms with E-state index in [1.165, 1.54) is 83.5 Å². The molecule has 5 saturated heterocycles. The second-order valence-corrected chi connectivity index (χ2v) is 16.1. The van der Waals surface area contributed by atoms with Crippen LogP contribution in [0.25, 0.3) is 0 Å². The van der Waals surface area contributed by atoms with Gasteiger partial charge in [0.05, 0.1) is 43.2 Å². The van der Waals surface area contributed by atoms with Crippen LogP contribution in [0.3, 0.4) is 0 Å². The van der Waals surface area contributed by atoms with Crippen molar-refractivity contribution in [1.82, 2.24) is 42.5 Å². The fourth-order valence-corrected chi connectivity index (χ4v) is 12.0. The number of nitrogens with one attached hydrogen (secondary N) is 8. The summed E-state index contributed by atoms with van der Waals surface area (Å²) in [7, 11) is 0. The van der Waals surface area contributed by atoms with Crippen molar-refractivity contribution in [2.24, 2.45) is 47.3 Å². The fourth-order valence-electron chi connectivity index (χ4n) is 11.7. The molecule has 0 radical (unpaired) electrons. The summed E-state index contributed by atoms with van der Waals surface area (Å²) in [5.41, 5.74) is 0. The molecule has 5 aliphatic heterocycles. The molecule has 9 aliphatic rings. The molecule has 4 saturated carbocycles. The average molecular weight is 634 g/mol. The van der Waals surface area contributed by atoms with Crippen LogP contribution >= 0.6 is 11.6 Å². The second-order valence-electron chi connectivity index (χ2n) is 15.5. The minimum absolute atomic E-state index is 0. The Hall–Kier alpha value is 0.684. The van der Waals surface area contributed by atoms with Crippen molar-refractivity contribution in [2.75, 3.05) is 0 Å². The Balaban J connectivity index is 0.00000267. The Bertz CT molecular complexity index is 959. The summed E-state index contributed by atoms with van der Waals surface area (Å²) in [5, 5.41) is 33.7. The smallest absolute Gasteiger partial charge is 0.0628 e. The van der Waals surface area contributed by atoms with Gasteiger partial charge in [-0.05, 0) is 80.0 Å². The predicted octanol–water partition coefficient (Wildman–Crippen LogP) is 2.63. The van der Waals surface area contributed by atoms with E-state index in [-0.39, 0.29) is 33.3 Å². The Kier molecular flexibility index (Phi) is 8.85. The zero-order valence-corrected chi connectivity index (χ0v) is 27.5. The summed E-state index contributed by atoms with van der Waals surface area (Å²) in [6, 6.07) is 0. The molecule has 0 amide bonds. The zero-order chi connectivity index (χ0) is 27.1. The summed E-state index contributed by atoms with van der Waals surface area (Å²) in [5.74, 6) is 5.32. The van der Waals surface area contributed by atoms with Gasteiger partial charge in [0, 0.05) is 27.9 Å². The largest absolute Gasteiger partial charge is 0.305 e. The molecule has 0 aromatic rings. The van der Waals surface area contributed by atoms with E-state index >= 15 is 0 Å². The van der Waals surface area contributed by atoms with Crippen molar-refractivity contribution >= 4 is 11.6 Å². The normalized spacial score (nSPS) is 56.9. The van der Waals surface area contributed by atoms with Crippen LogP contribution in [0.5, 0.6) is 0 Å². The quantitative estimate of drug-likeness (QED) is 0.117. The maximum absolute atomic E-state index is 6.80. The van der Waals surface area contributed by atoms with Crippen LogP contribution in [0.4, 0.5) is 0 Å². The molecule has 17 atom stereocenters. The molecule has 9 rings (SSSR count). The van der Waals surface area contributed by atoms with Gasteiger partial charge >= 0.3 is 0 Å². The Morgan fingerprint density at radius 2 is 0.643 bits per heavy atom. The number of fused-ring (bicyclic) bond motifs is 20. The number of alkyl halides is 1. The van der Waals surface area contributed by atoms with Gasteiger partial charge in [0.25, 0.3) is 0 Å². The van der Waals surface area contributed by atoms with Crippen molar-refractivity contribution in [2.45, 2.75) is 145 Å². The molecule has 9 fully saturated rings.